The third-order valence-corrected chi connectivity index (χ3v) is 4.66. The van der Waals surface area contributed by atoms with Crippen LogP contribution in [0.4, 0.5) is 4.39 Å². The van der Waals surface area contributed by atoms with Gasteiger partial charge < -0.3 is 10.4 Å². The van der Waals surface area contributed by atoms with E-state index in [2.05, 4.69) is 5.32 Å². The topological polar surface area (TPSA) is 32.3 Å². The van der Waals surface area contributed by atoms with Crippen molar-refractivity contribution < 1.29 is 9.50 Å². The summed E-state index contributed by atoms with van der Waals surface area (Å²) in [5.41, 5.74) is 0.419. The Morgan fingerprint density at radius 3 is 2.35 bits per heavy atom. The SMILES string of the molecule is CNC(CO)(CSc1ccccc1F)c1ccccc1. The fourth-order valence-electron chi connectivity index (χ4n) is 2.04. The first-order valence-electron chi connectivity index (χ1n) is 6.44. The summed E-state index contributed by atoms with van der Waals surface area (Å²) in [5, 5.41) is 13.0. The third-order valence-electron chi connectivity index (χ3n) is 3.39. The predicted octanol–water partition coefficient (Wildman–Crippen LogP) is 3.03. The zero-order valence-corrected chi connectivity index (χ0v) is 12.2. The maximum atomic E-state index is 13.7. The van der Waals surface area contributed by atoms with Crippen LogP contribution in [0, 0.1) is 5.82 Å². The van der Waals surface area contributed by atoms with Crippen LogP contribution in [0.3, 0.4) is 0 Å². The summed E-state index contributed by atoms with van der Waals surface area (Å²) >= 11 is 1.40. The van der Waals surface area contributed by atoms with E-state index in [-0.39, 0.29) is 12.4 Å². The van der Waals surface area contributed by atoms with Crippen molar-refractivity contribution in [1.82, 2.24) is 5.32 Å². The van der Waals surface area contributed by atoms with Gasteiger partial charge >= 0.3 is 0 Å². The summed E-state index contributed by atoms with van der Waals surface area (Å²) in [7, 11) is 1.81. The van der Waals surface area contributed by atoms with Crippen LogP contribution in [0.5, 0.6) is 0 Å². The van der Waals surface area contributed by atoms with E-state index in [1.165, 1.54) is 17.8 Å². The van der Waals surface area contributed by atoms with E-state index < -0.39 is 5.54 Å². The molecule has 0 aliphatic heterocycles. The first-order valence-corrected chi connectivity index (χ1v) is 7.43. The quantitative estimate of drug-likeness (QED) is 0.802. The molecule has 2 aromatic carbocycles. The molecule has 2 rings (SSSR count). The van der Waals surface area contributed by atoms with E-state index in [4.69, 9.17) is 0 Å². The number of thioether (sulfide) groups is 1. The fourth-order valence-corrected chi connectivity index (χ4v) is 3.22. The summed E-state index contributed by atoms with van der Waals surface area (Å²) in [6, 6.07) is 16.4. The van der Waals surface area contributed by atoms with Crippen molar-refractivity contribution in [2.45, 2.75) is 10.4 Å². The highest BCUT2D eigenvalue weighted by Gasteiger charge is 2.30. The molecule has 0 aliphatic rings. The number of likely N-dealkylation sites (N-methyl/N-ethyl adjacent to an activating group) is 1. The lowest BCUT2D eigenvalue weighted by atomic mass is 9.93. The standard InChI is InChI=1S/C16H18FNOS/c1-18-16(11-19,13-7-3-2-4-8-13)12-20-15-10-6-5-9-14(15)17/h2-10,18-19H,11-12H2,1H3. The molecule has 0 spiro atoms. The summed E-state index contributed by atoms with van der Waals surface area (Å²) in [6.45, 7) is -0.0467. The van der Waals surface area contributed by atoms with Gasteiger partial charge in [-0.05, 0) is 24.7 Å². The number of halogens is 1. The number of benzene rings is 2. The molecular formula is C16H18FNOS. The van der Waals surface area contributed by atoms with Crippen LogP contribution in [0.2, 0.25) is 0 Å². The van der Waals surface area contributed by atoms with Crippen LogP contribution >= 0.6 is 11.8 Å². The maximum absolute atomic E-state index is 13.7. The highest BCUT2D eigenvalue weighted by atomic mass is 32.2. The number of hydrogen-bond donors (Lipinski definition) is 2. The molecule has 0 saturated heterocycles. The van der Waals surface area contributed by atoms with E-state index in [0.717, 1.165) is 5.56 Å². The smallest absolute Gasteiger partial charge is 0.136 e. The lowest BCUT2D eigenvalue weighted by Gasteiger charge is -2.32. The molecule has 0 bridgehead atoms. The Morgan fingerprint density at radius 2 is 1.75 bits per heavy atom. The molecule has 0 saturated carbocycles. The van der Waals surface area contributed by atoms with Crippen LogP contribution in [0.15, 0.2) is 59.5 Å². The Labute approximate surface area is 123 Å². The molecule has 0 radical (unpaired) electrons. The van der Waals surface area contributed by atoms with Crippen LogP contribution in [0.1, 0.15) is 5.56 Å². The predicted molar refractivity (Wildman–Crippen MR) is 81.4 cm³/mol. The first-order chi connectivity index (χ1) is 9.72. The van der Waals surface area contributed by atoms with Crippen molar-refractivity contribution in [2.75, 3.05) is 19.4 Å². The van der Waals surface area contributed by atoms with Crippen LogP contribution in [-0.2, 0) is 5.54 Å². The van der Waals surface area contributed by atoms with Gasteiger partial charge in [0, 0.05) is 10.6 Å². The summed E-state index contributed by atoms with van der Waals surface area (Å²) in [5.74, 6) is 0.318. The minimum absolute atomic E-state index is 0.0467. The van der Waals surface area contributed by atoms with E-state index in [0.29, 0.717) is 10.6 Å². The molecule has 0 aromatic heterocycles. The molecule has 0 amide bonds. The molecule has 0 heterocycles. The van der Waals surface area contributed by atoms with Crippen molar-refractivity contribution in [3.8, 4) is 0 Å². The van der Waals surface area contributed by atoms with Gasteiger partial charge in [0.2, 0.25) is 0 Å². The molecule has 0 aliphatic carbocycles. The van der Waals surface area contributed by atoms with Crippen molar-refractivity contribution >= 4 is 11.8 Å². The van der Waals surface area contributed by atoms with Gasteiger partial charge in [-0.15, -0.1) is 11.8 Å². The molecule has 106 valence electrons. The van der Waals surface area contributed by atoms with Crippen LogP contribution in [0.25, 0.3) is 0 Å². The highest BCUT2D eigenvalue weighted by molar-refractivity contribution is 7.99. The Kier molecular flexibility index (Phi) is 5.17. The molecular weight excluding hydrogens is 273 g/mol. The Hall–Kier alpha value is -1.36. The zero-order chi connectivity index (χ0) is 14.4. The number of aliphatic hydroxyl groups is 1. The second kappa shape index (κ2) is 6.88. The Morgan fingerprint density at radius 1 is 1.10 bits per heavy atom. The van der Waals surface area contributed by atoms with Gasteiger partial charge in [-0.25, -0.2) is 4.39 Å². The molecule has 2 nitrogen and oxygen atoms in total. The molecule has 4 heteroatoms. The lowest BCUT2D eigenvalue weighted by molar-refractivity contribution is 0.187. The monoisotopic (exact) mass is 291 g/mol. The molecule has 2 N–H and O–H groups in total. The van der Waals surface area contributed by atoms with Gasteiger partial charge in [0.1, 0.15) is 5.82 Å². The van der Waals surface area contributed by atoms with Gasteiger partial charge in [0.05, 0.1) is 12.1 Å². The lowest BCUT2D eigenvalue weighted by Crippen LogP contribution is -2.45. The minimum Gasteiger partial charge on any atom is -0.394 e. The minimum atomic E-state index is -0.575. The summed E-state index contributed by atoms with van der Waals surface area (Å²) in [6.07, 6.45) is 0. The molecule has 2 aromatic rings. The molecule has 0 fully saturated rings. The van der Waals surface area contributed by atoms with Crippen molar-refractivity contribution in [3.63, 3.8) is 0 Å². The van der Waals surface area contributed by atoms with Gasteiger partial charge in [-0.3, -0.25) is 0 Å². The van der Waals surface area contributed by atoms with Gasteiger partial charge in [0.25, 0.3) is 0 Å². The van der Waals surface area contributed by atoms with E-state index >= 15 is 0 Å². The molecule has 1 atom stereocenters. The fraction of sp³-hybridized carbons (Fsp3) is 0.250. The zero-order valence-electron chi connectivity index (χ0n) is 11.3. The Bertz CT molecular complexity index is 543. The maximum Gasteiger partial charge on any atom is 0.136 e. The van der Waals surface area contributed by atoms with E-state index in [1.807, 2.05) is 43.4 Å². The van der Waals surface area contributed by atoms with E-state index in [1.54, 1.807) is 12.1 Å². The number of aliphatic hydroxyl groups excluding tert-OH is 1. The highest BCUT2D eigenvalue weighted by Crippen LogP contribution is 2.30. The van der Waals surface area contributed by atoms with Crippen LogP contribution < -0.4 is 5.32 Å². The number of hydrogen-bond acceptors (Lipinski definition) is 3. The van der Waals surface area contributed by atoms with Gasteiger partial charge in [-0.2, -0.15) is 0 Å². The number of nitrogens with one attached hydrogen (secondary N) is 1. The first kappa shape index (κ1) is 15.0. The van der Waals surface area contributed by atoms with Gasteiger partial charge in [0.15, 0.2) is 0 Å². The second-order valence-corrected chi connectivity index (χ2v) is 5.59. The summed E-state index contributed by atoms with van der Waals surface area (Å²) in [4.78, 5) is 0.594. The Balaban J connectivity index is 2.20. The third kappa shape index (κ3) is 3.20. The summed E-state index contributed by atoms with van der Waals surface area (Å²) < 4.78 is 13.7. The van der Waals surface area contributed by atoms with E-state index in [9.17, 15) is 9.50 Å². The normalized spacial score (nSPS) is 13.9. The average Bonchev–Trinajstić information content (AvgIpc) is 2.51. The van der Waals surface area contributed by atoms with Crippen molar-refractivity contribution in [2.24, 2.45) is 0 Å². The second-order valence-electron chi connectivity index (χ2n) is 4.58. The van der Waals surface area contributed by atoms with Crippen molar-refractivity contribution in [1.29, 1.82) is 0 Å². The van der Waals surface area contributed by atoms with Crippen molar-refractivity contribution in [3.05, 3.63) is 66.0 Å². The van der Waals surface area contributed by atoms with Crippen LogP contribution in [-0.4, -0.2) is 24.5 Å². The average molecular weight is 291 g/mol. The molecule has 1 unspecified atom stereocenters. The largest absolute Gasteiger partial charge is 0.394 e. The van der Waals surface area contributed by atoms with Gasteiger partial charge in [-0.1, -0.05) is 42.5 Å². The molecule has 20 heavy (non-hydrogen) atoms. The number of rotatable bonds is 6.